The summed E-state index contributed by atoms with van der Waals surface area (Å²) in [6.45, 7) is 2.06. The van der Waals surface area contributed by atoms with Gasteiger partial charge < -0.3 is 0 Å². The fourth-order valence-corrected chi connectivity index (χ4v) is 6.50. The Labute approximate surface area is 201 Å². The maximum atomic E-state index is 14.4. The number of para-hydroxylation sites is 1. The molecule has 2 aliphatic rings. The number of anilines is 2. The molecule has 5 rings (SSSR count). The number of hydrogen-bond acceptors (Lipinski definition) is 6. The van der Waals surface area contributed by atoms with Crippen molar-refractivity contribution in [2.75, 3.05) is 32.1 Å². The van der Waals surface area contributed by atoms with Crippen LogP contribution in [0.25, 0.3) is 11.3 Å². The fourth-order valence-electron chi connectivity index (χ4n) is 4.06. The molecular formula is C23H24FIN5O3-. The first-order valence-corrected chi connectivity index (χ1v) is 13.1. The van der Waals surface area contributed by atoms with Crippen molar-refractivity contribution >= 4 is 17.3 Å². The van der Waals surface area contributed by atoms with Crippen LogP contribution in [0.5, 0.6) is 11.5 Å². The molecule has 2 aromatic heterocycles. The van der Waals surface area contributed by atoms with Gasteiger partial charge in [-0.05, 0) is 0 Å². The van der Waals surface area contributed by atoms with Gasteiger partial charge in [0.15, 0.2) is 0 Å². The number of H-pyrrole nitrogens is 1. The van der Waals surface area contributed by atoms with Gasteiger partial charge in [-0.3, -0.25) is 0 Å². The fraction of sp³-hybridized carbons (Fsp3) is 0.304. The Hall–Kier alpha value is -2.86. The van der Waals surface area contributed by atoms with Crippen LogP contribution in [0.1, 0.15) is 32.8 Å². The van der Waals surface area contributed by atoms with E-state index in [0.29, 0.717) is 41.5 Å². The summed E-state index contributed by atoms with van der Waals surface area (Å²) in [5, 5.41) is 6.32. The third-order valence-corrected chi connectivity index (χ3v) is 8.42. The molecule has 33 heavy (non-hydrogen) atoms. The van der Waals surface area contributed by atoms with Crippen LogP contribution in [0.2, 0.25) is 0 Å². The van der Waals surface area contributed by atoms with E-state index >= 15 is 0 Å². The van der Waals surface area contributed by atoms with Crippen LogP contribution < -0.4 is 45.1 Å². The van der Waals surface area contributed by atoms with Crippen molar-refractivity contribution in [2.24, 2.45) is 0 Å². The van der Waals surface area contributed by atoms with Crippen LogP contribution in [-0.2, 0) is 0 Å². The van der Waals surface area contributed by atoms with Crippen LogP contribution in [0, 0.1) is 5.82 Å². The van der Waals surface area contributed by atoms with E-state index in [0.717, 1.165) is 30.6 Å². The molecule has 0 spiro atoms. The summed E-state index contributed by atoms with van der Waals surface area (Å²) in [6.07, 6.45) is 5.32. The van der Waals surface area contributed by atoms with Gasteiger partial charge >= 0.3 is 202 Å². The van der Waals surface area contributed by atoms with Crippen molar-refractivity contribution in [3.63, 3.8) is 0 Å². The van der Waals surface area contributed by atoms with E-state index in [-0.39, 0.29) is 15.6 Å². The Bertz CT molecular complexity index is 1180. The SMILES string of the molecule is COc1c(F)cccc1Nc1c2[nH]c3c1C(=O)NCC3[I-]NCCCCOc1cnccc1-2. The number of ether oxygens (including phenoxy) is 2. The first kappa shape index (κ1) is 22.0. The van der Waals surface area contributed by atoms with Crippen LogP contribution in [0.3, 0.4) is 0 Å². The number of alkyl halides is 1. The standard InChI is InChI=1S/C23H24FIN5O3/c1-32-22-14(24)5-4-6-16(22)29-21-18-20-15(11-27-23(18)31)25-28-8-2-3-10-33-17-12-26-9-7-13(17)19(21)30-20/h4-7,9,12,15,28-30H,2-3,8,10-11H2,1H3,(H,27,31)/q-1. The average molecular weight is 564 g/mol. The number of halogens is 2. The molecule has 2 bridgehead atoms. The zero-order chi connectivity index (χ0) is 22.8. The topological polar surface area (TPSA) is 100 Å². The number of nitrogens with one attached hydrogen (secondary N) is 4. The molecule has 0 aliphatic carbocycles. The van der Waals surface area contributed by atoms with Crippen molar-refractivity contribution < 1.29 is 40.1 Å². The number of rotatable bonds is 3. The third-order valence-electron chi connectivity index (χ3n) is 5.63. The first-order valence-electron chi connectivity index (χ1n) is 10.7. The zero-order valence-corrected chi connectivity index (χ0v) is 20.2. The van der Waals surface area contributed by atoms with Crippen molar-refractivity contribution in [2.45, 2.75) is 16.8 Å². The van der Waals surface area contributed by atoms with E-state index in [1.165, 1.54) is 13.2 Å². The first-order chi connectivity index (χ1) is 16.2. The van der Waals surface area contributed by atoms with Gasteiger partial charge in [-0.2, -0.15) is 0 Å². The number of benzene rings is 1. The van der Waals surface area contributed by atoms with Crippen LogP contribution in [0.4, 0.5) is 15.8 Å². The Kier molecular flexibility index (Phi) is 6.36. The molecule has 2 aliphatic heterocycles. The predicted molar refractivity (Wildman–Crippen MR) is 118 cm³/mol. The van der Waals surface area contributed by atoms with Crippen molar-refractivity contribution in [1.29, 1.82) is 0 Å². The second-order valence-electron chi connectivity index (χ2n) is 7.71. The number of nitrogens with zero attached hydrogens (tertiary/aromatic N) is 1. The van der Waals surface area contributed by atoms with Gasteiger partial charge in [-0.25, -0.2) is 0 Å². The van der Waals surface area contributed by atoms with Crippen molar-refractivity contribution in [3.05, 3.63) is 53.7 Å². The minimum absolute atomic E-state index is 0.0841. The molecule has 1 atom stereocenters. The van der Waals surface area contributed by atoms with E-state index in [2.05, 4.69) is 24.1 Å². The number of hydrogen-bond donors (Lipinski definition) is 4. The van der Waals surface area contributed by atoms with E-state index in [4.69, 9.17) is 9.47 Å². The molecule has 0 saturated carbocycles. The molecule has 1 unspecified atom stereocenters. The van der Waals surface area contributed by atoms with Gasteiger partial charge in [0.2, 0.25) is 0 Å². The Morgan fingerprint density at radius 2 is 2.21 bits per heavy atom. The molecule has 4 heterocycles. The molecule has 1 aromatic carbocycles. The van der Waals surface area contributed by atoms with Gasteiger partial charge in [0.1, 0.15) is 0 Å². The summed E-state index contributed by atoms with van der Waals surface area (Å²) in [4.78, 5) is 20.8. The molecule has 10 heteroatoms. The summed E-state index contributed by atoms with van der Waals surface area (Å²) >= 11 is -0.412. The monoisotopic (exact) mass is 564 g/mol. The van der Waals surface area contributed by atoms with E-state index in [9.17, 15) is 9.18 Å². The van der Waals surface area contributed by atoms with Gasteiger partial charge in [-0.15, -0.1) is 0 Å². The number of methoxy groups -OCH3 is 1. The van der Waals surface area contributed by atoms with Gasteiger partial charge in [0.25, 0.3) is 0 Å². The summed E-state index contributed by atoms with van der Waals surface area (Å²) in [5.41, 5.74) is 3.90. The third kappa shape index (κ3) is 4.24. The summed E-state index contributed by atoms with van der Waals surface area (Å²) in [6, 6.07) is 6.52. The normalized spacial score (nSPS) is 18.2. The molecule has 1 amide bonds. The second kappa shape index (κ2) is 9.56. The predicted octanol–water partition coefficient (Wildman–Crippen LogP) is 0.519. The van der Waals surface area contributed by atoms with E-state index in [1.54, 1.807) is 24.5 Å². The molecule has 0 fully saturated rings. The Morgan fingerprint density at radius 3 is 3.09 bits per heavy atom. The molecule has 0 saturated heterocycles. The van der Waals surface area contributed by atoms with Crippen LogP contribution >= 0.6 is 0 Å². The van der Waals surface area contributed by atoms with Gasteiger partial charge in [-0.1, -0.05) is 0 Å². The second-order valence-corrected chi connectivity index (χ2v) is 10.6. The molecule has 3 aromatic rings. The molecule has 8 nitrogen and oxygen atoms in total. The molecule has 4 N–H and O–H groups in total. The Morgan fingerprint density at radius 1 is 1.30 bits per heavy atom. The van der Waals surface area contributed by atoms with Gasteiger partial charge in [0.05, 0.1) is 0 Å². The molecule has 0 radical (unpaired) electrons. The quantitative estimate of drug-likeness (QED) is 0.211. The average Bonchev–Trinajstić information content (AvgIpc) is 3.20. The van der Waals surface area contributed by atoms with Crippen molar-refractivity contribution in [1.82, 2.24) is 18.8 Å². The number of pyridine rings is 1. The zero-order valence-electron chi connectivity index (χ0n) is 18.0. The van der Waals surface area contributed by atoms with E-state index in [1.807, 2.05) is 6.07 Å². The number of aromatic nitrogens is 2. The number of aromatic amines is 1. The van der Waals surface area contributed by atoms with Crippen LogP contribution in [0.15, 0.2) is 36.7 Å². The number of amides is 1. The number of carbonyl (C=O) groups excluding carboxylic acids is 1. The maximum absolute atomic E-state index is 14.4. The summed E-state index contributed by atoms with van der Waals surface area (Å²) in [7, 11) is 1.42. The number of carbonyl (C=O) groups is 1. The molecular weight excluding hydrogens is 540 g/mol. The number of fused-ring (bicyclic) bond motifs is 3. The summed E-state index contributed by atoms with van der Waals surface area (Å²) < 4.78 is 29.5. The van der Waals surface area contributed by atoms with Crippen LogP contribution in [-0.4, -0.2) is 42.7 Å². The molecule has 174 valence electrons. The van der Waals surface area contributed by atoms with Crippen molar-refractivity contribution in [3.8, 4) is 22.8 Å². The van der Waals surface area contributed by atoms with Gasteiger partial charge in [0, 0.05) is 0 Å². The Balaban J connectivity index is 1.71. The minimum atomic E-state index is -0.485. The summed E-state index contributed by atoms with van der Waals surface area (Å²) in [5.74, 6) is 0.0558. The van der Waals surface area contributed by atoms with E-state index < -0.39 is 27.3 Å².